The Labute approximate surface area is 113 Å². The van der Waals surface area contributed by atoms with Gasteiger partial charge in [-0.2, -0.15) is 0 Å². The fourth-order valence-electron chi connectivity index (χ4n) is 2.54. The normalized spacial score (nSPS) is 21.4. The molecule has 2 N–H and O–H groups in total. The molecule has 3 heteroatoms. The maximum absolute atomic E-state index is 6.38. The molecular formula is C16H17NO2. The van der Waals surface area contributed by atoms with Crippen LogP contribution in [-0.4, -0.2) is 13.7 Å². The minimum Gasteiger partial charge on any atom is -0.497 e. The summed E-state index contributed by atoms with van der Waals surface area (Å²) in [4.78, 5) is 0. The lowest BCUT2D eigenvalue weighted by Crippen LogP contribution is -2.29. The van der Waals surface area contributed by atoms with Gasteiger partial charge in [0.25, 0.3) is 0 Å². The molecule has 2 aromatic rings. The lowest BCUT2D eigenvalue weighted by Gasteiger charge is -2.31. The van der Waals surface area contributed by atoms with Gasteiger partial charge >= 0.3 is 0 Å². The van der Waals surface area contributed by atoms with Crippen LogP contribution in [0.5, 0.6) is 11.5 Å². The van der Waals surface area contributed by atoms with E-state index in [4.69, 9.17) is 15.2 Å². The van der Waals surface area contributed by atoms with Gasteiger partial charge in [0, 0.05) is 17.5 Å². The number of hydrogen-bond donors (Lipinski definition) is 1. The highest BCUT2D eigenvalue weighted by atomic mass is 16.5. The van der Waals surface area contributed by atoms with Gasteiger partial charge in [0.15, 0.2) is 0 Å². The predicted octanol–water partition coefficient (Wildman–Crippen LogP) is 2.87. The summed E-state index contributed by atoms with van der Waals surface area (Å²) in [6.45, 7) is 0.616. The van der Waals surface area contributed by atoms with E-state index in [9.17, 15) is 0 Å². The van der Waals surface area contributed by atoms with E-state index < -0.39 is 0 Å². The summed E-state index contributed by atoms with van der Waals surface area (Å²) in [5.74, 6) is 1.94. The Morgan fingerprint density at radius 2 is 1.84 bits per heavy atom. The van der Waals surface area contributed by atoms with Crippen LogP contribution in [0.25, 0.3) is 0 Å². The standard InChI is InChI=1S/C16H17NO2/c1-18-12-8-6-11(7-9-12)14-10-19-15-5-3-2-4-13(15)16(14)17/h2-9,14,16H,10,17H2,1H3/t14-,16-/m1/s1. The first-order valence-corrected chi connectivity index (χ1v) is 6.41. The molecule has 1 heterocycles. The summed E-state index contributed by atoms with van der Waals surface area (Å²) in [5.41, 5.74) is 8.64. The SMILES string of the molecule is COc1ccc([C@H]2COc3ccccc3[C@H]2N)cc1. The monoisotopic (exact) mass is 255 g/mol. The first-order valence-electron chi connectivity index (χ1n) is 6.41. The molecule has 0 aliphatic carbocycles. The molecule has 1 aliphatic rings. The van der Waals surface area contributed by atoms with E-state index in [-0.39, 0.29) is 12.0 Å². The smallest absolute Gasteiger partial charge is 0.124 e. The fraction of sp³-hybridized carbons (Fsp3) is 0.250. The summed E-state index contributed by atoms with van der Waals surface area (Å²) >= 11 is 0. The lowest BCUT2D eigenvalue weighted by atomic mass is 9.86. The molecular weight excluding hydrogens is 238 g/mol. The number of benzene rings is 2. The zero-order valence-electron chi connectivity index (χ0n) is 10.9. The summed E-state index contributed by atoms with van der Waals surface area (Å²) < 4.78 is 11.0. The van der Waals surface area contributed by atoms with E-state index in [1.807, 2.05) is 36.4 Å². The topological polar surface area (TPSA) is 44.5 Å². The van der Waals surface area contributed by atoms with Crippen LogP contribution in [0.1, 0.15) is 23.1 Å². The van der Waals surface area contributed by atoms with E-state index in [2.05, 4.69) is 12.1 Å². The minimum absolute atomic E-state index is 0.0293. The molecule has 0 amide bonds. The molecule has 0 fully saturated rings. The average Bonchev–Trinajstić information content (AvgIpc) is 2.48. The number of rotatable bonds is 2. The number of methoxy groups -OCH3 is 1. The van der Waals surface area contributed by atoms with Crippen molar-refractivity contribution in [3.05, 3.63) is 59.7 Å². The van der Waals surface area contributed by atoms with Crippen molar-refractivity contribution in [3.8, 4) is 11.5 Å². The molecule has 19 heavy (non-hydrogen) atoms. The molecule has 0 unspecified atom stereocenters. The molecule has 0 bridgehead atoms. The van der Waals surface area contributed by atoms with Crippen LogP contribution < -0.4 is 15.2 Å². The van der Waals surface area contributed by atoms with Gasteiger partial charge < -0.3 is 15.2 Å². The molecule has 0 aromatic heterocycles. The average molecular weight is 255 g/mol. The summed E-state index contributed by atoms with van der Waals surface area (Å²) in [5, 5.41) is 0. The number of hydrogen-bond acceptors (Lipinski definition) is 3. The Kier molecular flexibility index (Phi) is 3.13. The quantitative estimate of drug-likeness (QED) is 0.897. The van der Waals surface area contributed by atoms with E-state index in [0.717, 1.165) is 17.1 Å². The van der Waals surface area contributed by atoms with E-state index in [0.29, 0.717) is 6.61 Å². The van der Waals surface area contributed by atoms with Crippen LogP contribution in [0.3, 0.4) is 0 Å². The number of ether oxygens (including phenoxy) is 2. The van der Waals surface area contributed by atoms with Gasteiger partial charge in [0.1, 0.15) is 11.5 Å². The summed E-state index contributed by atoms with van der Waals surface area (Å²) in [6, 6.07) is 16.0. The third-order valence-electron chi connectivity index (χ3n) is 3.67. The molecule has 3 nitrogen and oxygen atoms in total. The van der Waals surface area contributed by atoms with Crippen molar-refractivity contribution in [1.82, 2.24) is 0 Å². The van der Waals surface area contributed by atoms with Gasteiger partial charge in [-0.3, -0.25) is 0 Å². The van der Waals surface area contributed by atoms with Crippen LogP contribution in [0.2, 0.25) is 0 Å². The number of fused-ring (bicyclic) bond motifs is 1. The minimum atomic E-state index is -0.0293. The highest BCUT2D eigenvalue weighted by molar-refractivity contribution is 5.41. The zero-order chi connectivity index (χ0) is 13.2. The van der Waals surface area contributed by atoms with Crippen molar-refractivity contribution in [1.29, 1.82) is 0 Å². The molecule has 0 saturated heterocycles. The van der Waals surface area contributed by atoms with Gasteiger partial charge in [-0.15, -0.1) is 0 Å². The largest absolute Gasteiger partial charge is 0.497 e. The van der Waals surface area contributed by atoms with Gasteiger partial charge in [-0.05, 0) is 23.8 Å². The van der Waals surface area contributed by atoms with Gasteiger partial charge in [-0.25, -0.2) is 0 Å². The second-order valence-corrected chi connectivity index (χ2v) is 4.75. The Balaban J connectivity index is 1.90. The highest BCUT2D eigenvalue weighted by Gasteiger charge is 2.28. The van der Waals surface area contributed by atoms with Crippen LogP contribution in [-0.2, 0) is 0 Å². The zero-order valence-corrected chi connectivity index (χ0v) is 10.9. The van der Waals surface area contributed by atoms with Crippen molar-refractivity contribution in [2.75, 3.05) is 13.7 Å². The van der Waals surface area contributed by atoms with Crippen molar-refractivity contribution >= 4 is 0 Å². The van der Waals surface area contributed by atoms with Crippen molar-refractivity contribution in [2.45, 2.75) is 12.0 Å². The maximum Gasteiger partial charge on any atom is 0.124 e. The molecule has 2 atom stereocenters. The Hall–Kier alpha value is -2.00. The van der Waals surface area contributed by atoms with Gasteiger partial charge in [0.2, 0.25) is 0 Å². The summed E-state index contributed by atoms with van der Waals surface area (Å²) in [6.07, 6.45) is 0. The van der Waals surface area contributed by atoms with E-state index in [1.165, 1.54) is 5.56 Å². The van der Waals surface area contributed by atoms with Crippen molar-refractivity contribution in [3.63, 3.8) is 0 Å². The lowest BCUT2D eigenvalue weighted by molar-refractivity contribution is 0.239. The number of para-hydroxylation sites is 1. The molecule has 0 spiro atoms. The van der Waals surface area contributed by atoms with Crippen LogP contribution in [0, 0.1) is 0 Å². The highest BCUT2D eigenvalue weighted by Crippen LogP contribution is 2.38. The summed E-state index contributed by atoms with van der Waals surface area (Å²) in [7, 11) is 1.67. The molecule has 3 rings (SSSR count). The molecule has 0 saturated carbocycles. The second kappa shape index (κ2) is 4.94. The van der Waals surface area contributed by atoms with Crippen LogP contribution in [0.15, 0.2) is 48.5 Å². The third kappa shape index (κ3) is 2.17. The first-order chi connectivity index (χ1) is 9.29. The Morgan fingerprint density at radius 1 is 1.11 bits per heavy atom. The Morgan fingerprint density at radius 3 is 2.58 bits per heavy atom. The van der Waals surface area contributed by atoms with Gasteiger partial charge in [0.05, 0.1) is 13.7 Å². The maximum atomic E-state index is 6.38. The molecule has 98 valence electrons. The van der Waals surface area contributed by atoms with Gasteiger partial charge in [-0.1, -0.05) is 30.3 Å². The van der Waals surface area contributed by atoms with E-state index >= 15 is 0 Å². The first kappa shape index (κ1) is 12.1. The van der Waals surface area contributed by atoms with Crippen LogP contribution >= 0.6 is 0 Å². The van der Waals surface area contributed by atoms with Crippen molar-refractivity contribution in [2.24, 2.45) is 5.73 Å². The van der Waals surface area contributed by atoms with Crippen LogP contribution in [0.4, 0.5) is 0 Å². The number of nitrogens with two attached hydrogens (primary N) is 1. The fourth-order valence-corrected chi connectivity index (χ4v) is 2.54. The van der Waals surface area contributed by atoms with Crippen molar-refractivity contribution < 1.29 is 9.47 Å². The molecule has 0 radical (unpaired) electrons. The molecule has 1 aliphatic heterocycles. The predicted molar refractivity (Wildman–Crippen MR) is 74.6 cm³/mol. The second-order valence-electron chi connectivity index (χ2n) is 4.75. The third-order valence-corrected chi connectivity index (χ3v) is 3.67. The molecule has 2 aromatic carbocycles. The van der Waals surface area contributed by atoms with E-state index in [1.54, 1.807) is 7.11 Å². The Bertz CT molecular complexity index is 565.